The number of halogens is 2. The van der Waals surface area contributed by atoms with Gasteiger partial charge in [0.05, 0.1) is 0 Å². The summed E-state index contributed by atoms with van der Waals surface area (Å²) in [7, 11) is -3.47. The molecular weight excluding hydrogens is 267 g/mol. The molecule has 12 heavy (non-hydrogen) atoms. The molecule has 2 atom stereocenters. The number of rotatable bonds is 3. The molecule has 0 radical (unpaired) electrons. The summed E-state index contributed by atoms with van der Waals surface area (Å²) < 4.78 is 20.5. The Balaban J connectivity index is 2.83. The Morgan fingerprint density at radius 2 is 2.08 bits per heavy atom. The van der Waals surface area contributed by atoms with Gasteiger partial charge in [0.1, 0.15) is 6.10 Å². The molecule has 1 saturated carbocycles. The molecule has 1 rings (SSSR count). The summed E-state index contributed by atoms with van der Waals surface area (Å²) in [6.45, 7) is 0. The Hall–Kier alpha value is 0.680. The van der Waals surface area contributed by atoms with Crippen LogP contribution in [-0.2, 0) is 9.84 Å². The lowest BCUT2D eigenvalue weighted by molar-refractivity contribution is 0.158. The monoisotopic (exact) mass is 276 g/mol. The van der Waals surface area contributed by atoms with E-state index in [1.54, 1.807) is 0 Å². The standard InChI is InChI=1S/C6H10BrClO3S/c1-12(10,11)6(7,8)5(9)4-2-3-4/h4-5,9H,2-3H2,1H3/t5-,6-/m0/s1. The van der Waals surface area contributed by atoms with Gasteiger partial charge in [0.25, 0.3) is 0 Å². The first kappa shape index (κ1) is 10.8. The molecule has 0 unspecified atom stereocenters. The van der Waals surface area contributed by atoms with E-state index in [9.17, 15) is 13.5 Å². The molecule has 6 heteroatoms. The fourth-order valence-electron chi connectivity index (χ4n) is 0.906. The van der Waals surface area contributed by atoms with Gasteiger partial charge in [0.2, 0.25) is 3.12 Å². The van der Waals surface area contributed by atoms with Gasteiger partial charge in [-0.1, -0.05) is 11.6 Å². The van der Waals surface area contributed by atoms with E-state index < -0.39 is 19.1 Å². The summed E-state index contributed by atoms with van der Waals surface area (Å²) in [6, 6.07) is 0. The predicted molar refractivity (Wildman–Crippen MR) is 51.1 cm³/mol. The quantitative estimate of drug-likeness (QED) is 0.786. The fourth-order valence-corrected chi connectivity index (χ4v) is 2.09. The summed E-state index contributed by atoms with van der Waals surface area (Å²) in [5.41, 5.74) is 0. The van der Waals surface area contributed by atoms with Gasteiger partial charge in [-0.15, -0.1) is 0 Å². The van der Waals surface area contributed by atoms with Crippen LogP contribution in [0.2, 0.25) is 0 Å². The zero-order valence-corrected chi connectivity index (χ0v) is 9.66. The Morgan fingerprint density at radius 1 is 1.67 bits per heavy atom. The molecule has 0 bridgehead atoms. The van der Waals surface area contributed by atoms with E-state index in [2.05, 4.69) is 15.9 Å². The van der Waals surface area contributed by atoms with E-state index in [0.717, 1.165) is 19.1 Å². The Morgan fingerprint density at radius 3 is 2.33 bits per heavy atom. The molecule has 0 aromatic carbocycles. The van der Waals surface area contributed by atoms with Gasteiger partial charge in [-0.3, -0.25) is 0 Å². The van der Waals surface area contributed by atoms with E-state index >= 15 is 0 Å². The largest absolute Gasteiger partial charge is 0.389 e. The van der Waals surface area contributed by atoms with E-state index in [1.165, 1.54) is 0 Å². The minimum Gasteiger partial charge on any atom is -0.389 e. The minimum absolute atomic E-state index is 0.0246. The molecule has 0 aromatic heterocycles. The van der Waals surface area contributed by atoms with Crippen LogP contribution in [0.3, 0.4) is 0 Å². The molecule has 0 heterocycles. The summed E-state index contributed by atoms with van der Waals surface area (Å²) in [4.78, 5) is 0. The van der Waals surface area contributed by atoms with Crippen LogP contribution < -0.4 is 0 Å². The first-order valence-corrected chi connectivity index (χ1v) is 6.58. The van der Waals surface area contributed by atoms with Gasteiger partial charge in [-0.2, -0.15) is 0 Å². The highest BCUT2D eigenvalue weighted by Crippen LogP contribution is 2.45. The van der Waals surface area contributed by atoms with Crippen molar-refractivity contribution in [2.45, 2.75) is 22.1 Å². The molecule has 1 N–H and O–H groups in total. The summed E-state index contributed by atoms with van der Waals surface area (Å²) in [5.74, 6) is 0.0246. The second kappa shape index (κ2) is 3.12. The lowest BCUT2D eigenvalue weighted by atomic mass is 10.3. The number of sulfone groups is 1. The highest BCUT2D eigenvalue weighted by molar-refractivity contribution is 9.12. The number of hydrogen-bond acceptors (Lipinski definition) is 3. The van der Waals surface area contributed by atoms with Crippen LogP contribution in [0.15, 0.2) is 0 Å². The third-order valence-electron chi connectivity index (χ3n) is 1.91. The van der Waals surface area contributed by atoms with E-state index in [-0.39, 0.29) is 5.92 Å². The summed E-state index contributed by atoms with van der Waals surface area (Å²) >= 11 is 8.51. The number of alkyl halides is 2. The normalized spacial score (nSPS) is 26.3. The Bertz CT molecular complexity index is 271. The predicted octanol–water partition coefficient (Wildman–Crippen LogP) is 1.09. The van der Waals surface area contributed by atoms with Crippen molar-refractivity contribution in [3.05, 3.63) is 0 Å². The minimum atomic E-state index is -3.47. The van der Waals surface area contributed by atoms with Gasteiger partial charge in [-0.25, -0.2) is 8.42 Å². The molecule has 0 aromatic rings. The highest BCUT2D eigenvalue weighted by Gasteiger charge is 2.49. The Labute approximate surface area is 85.1 Å². The second-order valence-corrected chi connectivity index (χ2v) is 8.36. The SMILES string of the molecule is CS(=O)(=O)[C@](Cl)(Br)[C@@H](O)C1CC1. The van der Waals surface area contributed by atoms with Crippen molar-refractivity contribution in [1.82, 2.24) is 0 Å². The average Bonchev–Trinajstić information content (AvgIpc) is 2.64. The van der Waals surface area contributed by atoms with Crippen molar-refractivity contribution in [2.75, 3.05) is 6.26 Å². The molecule has 0 saturated heterocycles. The topological polar surface area (TPSA) is 54.4 Å². The highest BCUT2D eigenvalue weighted by atomic mass is 79.9. The Kier molecular flexibility index (Phi) is 2.79. The van der Waals surface area contributed by atoms with Crippen molar-refractivity contribution in [1.29, 1.82) is 0 Å². The zero-order valence-electron chi connectivity index (χ0n) is 6.50. The maximum atomic E-state index is 11.1. The van der Waals surface area contributed by atoms with E-state index in [1.807, 2.05) is 0 Å². The van der Waals surface area contributed by atoms with Crippen molar-refractivity contribution in [3.8, 4) is 0 Å². The number of hydrogen-bond donors (Lipinski definition) is 1. The molecule has 0 aliphatic heterocycles. The van der Waals surface area contributed by atoms with Gasteiger partial charge in [0, 0.05) is 6.26 Å². The van der Waals surface area contributed by atoms with Crippen LogP contribution in [0.4, 0.5) is 0 Å². The smallest absolute Gasteiger partial charge is 0.224 e. The van der Waals surface area contributed by atoms with Crippen molar-refractivity contribution >= 4 is 37.4 Å². The van der Waals surface area contributed by atoms with Crippen molar-refractivity contribution in [3.63, 3.8) is 0 Å². The number of aliphatic hydroxyl groups excluding tert-OH is 1. The van der Waals surface area contributed by atoms with E-state index in [4.69, 9.17) is 11.6 Å². The molecule has 0 amide bonds. The molecule has 1 aliphatic rings. The van der Waals surface area contributed by atoms with Gasteiger partial charge >= 0.3 is 0 Å². The first-order valence-electron chi connectivity index (χ1n) is 3.52. The average molecular weight is 278 g/mol. The van der Waals surface area contributed by atoms with E-state index in [0.29, 0.717) is 0 Å². The van der Waals surface area contributed by atoms with Crippen LogP contribution in [0.5, 0.6) is 0 Å². The van der Waals surface area contributed by atoms with Crippen LogP contribution >= 0.6 is 27.5 Å². The maximum absolute atomic E-state index is 11.1. The summed E-state index contributed by atoms with van der Waals surface area (Å²) in [6.07, 6.45) is 1.67. The number of aliphatic hydroxyl groups is 1. The van der Waals surface area contributed by atoms with Gasteiger partial charge in [0.15, 0.2) is 9.84 Å². The van der Waals surface area contributed by atoms with Crippen molar-refractivity contribution in [2.24, 2.45) is 5.92 Å². The third kappa shape index (κ3) is 1.95. The third-order valence-corrected chi connectivity index (χ3v) is 6.44. The molecule has 1 fully saturated rings. The van der Waals surface area contributed by atoms with Crippen LogP contribution in [0, 0.1) is 5.92 Å². The van der Waals surface area contributed by atoms with Gasteiger partial charge in [-0.05, 0) is 34.7 Å². The molecule has 0 spiro atoms. The first-order chi connectivity index (χ1) is 5.27. The summed E-state index contributed by atoms with van der Waals surface area (Å²) in [5, 5.41) is 9.49. The van der Waals surface area contributed by atoms with Crippen LogP contribution in [-0.4, -0.2) is 29.0 Å². The molecular formula is C6H10BrClO3S. The van der Waals surface area contributed by atoms with Gasteiger partial charge < -0.3 is 5.11 Å². The maximum Gasteiger partial charge on any atom is 0.224 e. The van der Waals surface area contributed by atoms with Crippen molar-refractivity contribution < 1.29 is 13.5 Å². The van der Waals surface area contributed by atoms with Crippen LogP contribution in [0.1, 0.15) is 12.8 Å². The molecule has 72 valence electrons. The lowest BCUT2D eigenvalue weighted by Gasteiger charge is -2.23. The van der Waals surface area contributed by atoms with Crippen LogP contribution in [0.25, 0.3) is 0 Å². The zero-order chi connectivity index (χ0) is 9.57. The molecule has 1 aliphatic carbocycles. The lowest BCUT2D eigenvalue weighted by Crippen LogP contribution is -2.39. The molecule has 3 nitrogen and oxygen atoms in total. The second-order valence-electron chi connectivity index (χ2n) is 3.12. The fraction of sp³-hybridized carbons (Fsp3) is 1.00.